The maximum atomic E-state index is 14.8. The number of carbonyl (C=O) groups is 10. The molecule has 0 spiro atoms. The summed E-state index contributed by atoms with van der Waals surface area (Å²) in [5, 5.41) is 10.4. The standard InChI is InChI=1S/C51H64N12O12S2/c1-26(2)40-50(72)74-21-36(58-42(64)34-19-52-30-15-11-13-17-32(30)56-34)44(66)54-29(6)47(69)61(8)39-24-77-25-76-23-38(48(70)62(40)9)60(7)46(68)28(5)55-45(67)37(22-75-51(73)41(27(3)4)63(10)49(39)71)59-43(65)35-20-53-31-16-12-14-18-33(31)57-35/h11-20,26-29,36-41H,21-25H2,1-10H3,(H,54,66)(H,55,67)(H,58,64)(H,59,65)/t28-,29-,36+,37+,38-,39-,40-,41-/m0/s1. The zero-order valence-corrected chi connectivity index (χ0v) is 46.0. The molecule has 24 nitrogen and oxygen atoms in total. The number of fused-ring (bicyclic) bond motifs is 8. The number of para-hydroxylation sites is 4. The van der Waals surface area contributed by atoms with Crippen molar-refractivity contribution >= 4 is 105 Å². The Morgan fingerprint density at radius 3 is 1.26 bits per heavy atom. The Labute approximate surface area is 453 Å². The van der Waals surface area contributed by atoms with Gasteiger partial charge in [0, 0.05) is 44.8 Å². The number of cyclic esters (lactones) is 2. The van der Waals surface area contributed by atoms with Crippen LogP contribution < -0.4 is 21.3 Å². The highest BCUT2D eigenvalue weighted by atomic mass is 32.2. The average Bonchev–Trinajstić information content (AvgIpc) is 3.40. The minimum atomic E-state index is -1.66. The first-order valence-corrected chi connectivity index (χ1v) is 27.0. The third-order valence-electron chi connectivity index (χ3n) is 13.0. The summed E-state index contributed by atoms with van der Waals surface area (Å²) in [5.41, 5.74) is 1.39. The van der Waals surface area contributed by atoms with Crippen molar-refractivity contribution in [3.8, 4) is 0 Å². The fourth-order valence-corrected chi connectivity index (χ4v) is 11.1. The molecule has 26 heteroatoms. The van der Waals surface area contributed by atoms with Gasteiger partial charge in [0.25, 0.3) is 11.8 Å². The van der Waals surface area contributed by atoms with Gasteiger partial charge in [-0.2, -0.15) is 0 Å². The van der Waals surface area contributed by atoms with Crippen molar-refractivity contribution in [2.24, 2.45) is 11.8 Å². The second kappa shape index (κ2) is 26.0. The van der Waals surface area contributed by atoms with Crippen molar-refractivity contribution < 1.29 is 57.4 Å². The Bertz CT molecular complexity index is 2720. The lowest BCUT2D eigenvalue weighted by Crippen LogP contribution is -2.60. The highest BCUT2D eigenvalue weighted by Crippen LogP contribution is 2.24. The predicted molar refractivity (Wildman–Crippen MR) is 284 cm³/mol. The molecular weight excluding hydrogens is 1040 g/mol. The lowest BCUT2D eigenvalue weighted by Gasteiger charge is -2.36. The normalized spacial score (nSPS) is 24.7. The van der Waals surface area contributed by atoms with E-state index in [2.05, 4.69) is 41.2 Å². The highest BCUT2D eigenvalue weighted by Gasteiger charge is 2.42. The van der Waals surface area contributed by atoms with Crippen LogP contribution in [0.25, 0.3) is 22.1 Å². The zero-order chi connectivity index (χ0) is 56.4. The number of hydrogen-bond donors (Lipinski definition) is 4. The molecule has 0 radical (unpaired) electrons. The fraction of sp³-hybridized carbons (Fsp3) is 0.490. The van der Waals surface area contributed by atoms with Crippen LogP contribution in [0.3, 0.4) is 0 Å². The summed E-state index contributed by atoms with van der Waals surface area (Å²) in [6.45, 7) is 7.75. The summed E-state index contributed by atoms with van der Waals surface area (Å²) in [5.74, 6) is -9.95. The first-order valence-electron chi connectivity index (χ1n) is 24.7. The number of thioether (sulfide) groups is 2. The number of esters is 2. The van der Waals surface area contributed by atoms with Crippen molar-refractivity contribution in [2.45, 2.75) is 89.9 Å². The Hall–Kier alpha value is -7.48. The average molecular weight is 1100 g/mol. The number of ether oxygens (including phenoxy) is 2. The Morgan fingerprint density at radius 1 is 0.558 bits per heavy atom. The van der Waals surface area contributed by atoms with E-state index in [1.54, 1.807) is 76.2 Å². The van der Waals surface area contributed by atoms with Gasteiger partial charge < -0.3 is 50.3 Å². The quantitative estimate of drug-likeness (QED) is 0.193. The zero-order valence-electron chi connectivity index (χ0n) is 44.4. The largest absolute Gasteiger partial charge is 0.461 e. The van der Waals surface area contributed by atoms with E-state index in [-0.39, 0.29) is 28.0 Å². The van der Waals surface area contributed by atoms with Crippen molar-refractivity contribution in [2.75, 3.05) is 58.0 Å². The van der Waals surface area contributed by atoms with E-state index in [4.69, 9.17) is 9.47 Å². The molecule has 2 aliphatic rings. The second-order valence-corrected chi connectivity index (χ2v) is 21.8. The van der Waals surface area contributed by atoms with Crippen LogP contribution in [0.1, 0.15) is 62.5 Å². The first-order chi connectivity index (χ1) is 36.5. The van der Waals surface area contributed by atoms with E-state index >= 15 is 0 Å². The number of aromatic nitrogens is 4. The fourth-order valence-electron chi connectivity index (χ4n) is 8.71. The molecule has 8 amide bonds. The van der Waals surface area contributed by atoms with Gasteiger partial charge in [0.2, 0.25) is 35.4 Å². The minimum Gasteiger partial charge on any atom is -0.461 e. The highest BCUT2D eigenvalue weighted by molar-refractivity contribution is 8.16. The molecule has 2 saturated heterocycles. The molecule has 8 atom stereocenters. The molecule has 0 saturated carbocycles. The van der Waals surface area contributed by atoms with Crippen LogP contribution in [0.5, 0.6) is 0 Å². The van der Waals surface area contributed by atoms with E-state index in [1.165, 1.54) is 78.0 Å². The molecule has 2 fully saturated rings. The second-order valence-electron chi connectivity index (χ2n) is 19.3. The van der Waals surface area contributed by atoms with Crippen LogP contribution in [0.15, 0.2) is 60.9 Å². The number of amides is 8. The van der Waals surface area contributed by atoms with Crippen LogP contribution in [-0.4, -0.2) is 205 Å². The number of nitrogens with one attached hydrogen (secondary N) is 4. The molecule has 0 aliphatic carbocycles. The Morgan fingerprint density at radius 2 is 0.909 bits per heavy atom. The van der Waals surface area contributed by atoms with Gasteiger partial charge in [0.1, 0.15) is 72.9 Å². The molecule has 6 rings (SSSR count). The van der Waals surface area contributed by atoms with Gasteiger partial charge in [0.15, 0.2) is 0 Å². The van der Waals surface area contributed by atoms with Gasteiger partial charge in [-0.25, -0.2) is 19.6 Å². The third-order valence-corrected chi connectivity index (χ3v) is 15.5. The Balaban J connectivity index is 1.39. The van der Waals surface area contributed by atoms with Gasteiger partial charge in [-0.3, -0.25) is 48.3 Å². The molecule has 2 aromatic carbocycles. The summed E-state index contributed by atoms with van der Waals surface area (Å²) >= 11 is 2.42. The summed E-state index contributed by atoms with van der Waals surface area (Å²) in [6.07, 6.45) is 2.41. The van der Waals surface area contributed by atoms with E-state index in [9.17, 15) is 47.9 Å². The number of benzene rings is 2. The Kier molecular flexibility index (Phi) is 19.9. The van der Waals surface area contributed by atoms with Crippen molar-refractivity contribution in [3.05, 3.63) is 72.3 Å². The molecule has 412 valence electrons. The summed E-state index contributed by atoms with van der Waals surface area (Å²) in [4.78, 5) is 165. The van der Waals surface area contributed by atoms with Crippen LogP contribution >= 0.6 is 23.5 Å². The maximum absolute atomic E-state index is 14.8. The number of nitrogens with zero attached hydrogens (tertiary/aromatic N) is 8. The first kappa shape index (κ1) is 58.8. The summed E-state index contributed by atoms with van der Waals surface area (Å²) in [7, 11) is 5.40. The molecule has 77 heavy (non-hydrogen) atoms. The SMILES string of the molecule is CC(C)[C@H]1C(=O)OC[C@@H](NC(=O)c2cnc3ccccc3n2)C(=O)N[C@@H](C)C(=O)N(C)[C@H]2CSCSC[C@@H](C(=O)N1C)N(C)C(=O)[C@H](C)NC(=O)[C@H](NC(=O)c1cnc3ccccc3n1)COC(=O)[C@H](C(C)C)N(C)C2=O. The van der Waals surface area contributed by atoms with Gasteiger partial charge in [-0.1, -0.05) is 52.0 Å². The lowest BCUT2D eigenvalue weighted by molar-refractivity contribution is -0.160. The van der Waals surface area contributed by atoms with Gasteiger partial charge in [-0.05, 0) is 49.9 Å². The summed E-state index contributed by atoms with van der Waals surface area (Å²) in [6, 6.07) is 2.25. The van der Waals surface area contributed by atoms with Crippen LogP contribution in [0.2, 0.25) is 0 Å². The molecule has 0 unspecified atom stereocenters. The van der Waals surface area contributed by atoms with Crippen molar-refractivity contribution in [3.63, 3.8) is 0 Å². The molecule has 4 heterocycles. The van der Waals surface area contributed by atoms with Gasteiger partial charge in [0.05, 0.1) is 34.5 Å². The van der Waals surface area contributed by atoms with Crippen molar-refractivity contribution in [1.29, 1.82) is 0 Å². The molecule has 4 aromatic rings. The topological polar surface area (TPSA) is 302 Å². The summed E-state index contributed by atoms with van der Waals surface area (Å²) < 4.78 is 11.5. The molecule has 2 aliphatic heterocycles. The minimum absolute atomic E-state index is 0.0727. The van der Waals surface area contributed by atoms with Crippen LogP contribution in [0, 0.1) is 11.8 Å². The van der Waals surface area contributed by atoms with Crippen LogP contribution in [0.4, 0.5) is 0 Å². The molecular formula is C51H64N12O12S2. The van der Waals surface area contributed by atoms with Crippen molar-refractivity contribution in [1.82, 2.24) is 60.8 Å². The predicted octanol–water partition coefficient (Wildman–Crippen LogP) is 0.637. The van der Waals surface area contributed by atoms with E-state index in [0.29, 0.717) is 22.1 Å². The van der Waals surface area contributed by atoms with E-state index < -0.39 is 133 Å². The molecule has 2 aromatic heterocycles. The molecule has 4 N–H and O–H groups in total. The number of hydrogen-bond acceptors (Lipinski definition) is 18. The third kappa shape index (κ3) is 14.1. The number of carbonyl (C=O) groups excluding carboxylic acids is 10. The van der Waals surface area contributed by atoms with E-state index in [0.717, 1.165) is 19.6 Å². The molecule has 2 bridgehead atoms. The van der Waals surface area contributed by atoms with E-state index in [1.807, 2.05) is 0 Å². The number of likely N-dealkylation sites (N-methyl/N-ethyl adjacent to an activating group) is 4. The van der Waals surface area contributed by atoms with Crippen LogP contribution in [-0.2, 0) is 47.8 Å². The lowest BCUT2D eigenvalue weighted by atomic mass is 10.0. The van der Waals surface area contributed by atoms with Gasteiger partial charge in [-0.15, -0.1) is 23.5 Å². The smallest absolute Gasteiger partial charge is 0.329 e. The van der Waals surface area contributed by atoms with Gasteiger partial charge >= 0.3 is 11.9 Å². The maximum Gasteiger partial charge on any atom is 0.329 e. The monoisotopic (exact) mass is 1100 g/mol. The number of rotatable bonds is 6.